The van der Waals surface area contributed by atoms with Crippen LogP contribution < -0.4 is 10.6 Å². The Morgan fingerprint density at radius 1 is 1.32 bits per heavy atom. The molecule has 0 spiro atoms. The van der Waals surface area contributed by atoms with Crippen LogP contribution in [0.15, 0.2) is 21.5 Å². The lowest BCUT2D eigenvalue weighted by molar-refractivity contribution is -0.132. The lowest BCUT2D eigenvalue weighted by atomic mass is 10.0. The van der Waals surface area contributed by atoms with E-state index in [1.54, 1.807) is 26.0 Å². The monoisotopic (exact) mass is 321 g/mol. The van der Waals surface area contributed by atoms with Crippen LogP contribution in [0.25, 0.3) is 0 Å². The van der Waals surface area contributed by atoms with Crippen LogP contribution >= 0.6 is 0 Å². The van der Waals surface area contributed by atoms with E-state index < -0.39 is 18.2 Å². The number of aliphatic hydroxyl groups is 1. The zero-order valence-electron chi connectivity index (χ0n) is 12.9. The van der Waals surface area contributed by atoms with Gasteiger partial charge in [-0.05, 0) is 32.9 Å². The van der Waals surface area contributed by atoms with Gasteiger partial charge in [0, 0.05) is 13.1 Å². The number of nitrogens with zero attached hydrogens (tertiary/aromatic N) is 1. The largest absolute Gasteiger partial charge is 0.463 e. The van der Waals surface area contributed by atoms with E-state index in [-0.39, 0.29) is 19.0 Å². The first-order valence-electron chi connectivity index (χ1n) is 7.02. The molecule has 0 fully saturated rings. The molecule has 0 saturated heterocycles. The van der Waals surface area contributed by atoms with Gasteiger partial charge in [0.2, 0.25) is 0 Å². The number of hydrogen-bond donors (Lipinski definition) is 3. The molecule has 0 saturated carbocycles. The average Bonchev–Trinajstić information content (AvgIpc) is 2.82. The molecular formula is C14H22F3N3O2. The maximum absolute atomic E-state index is 12.1. The van der Waals surface area contributed by atoms with E-state index in [1.807, 2.05) is 0 Å². The van der Waals surface area contributed by atoms with Crippen molar-refractivity contribution in [1.82, 2.24) is 10.6 Å². The quantitative estimate of drug-likeness (QED) is 0.555. The summed E-state index contributed by atoms with van der Waals surface area (Å²) in [6.07, 6.45) is -5.17. The van der Waals surface area contributed by atoms with Crippen molar-refractivity contribution in [2.24, 2.45) is 4.99 Å². The number of rotatable bonds is 6. The molecule has 1 aromatic heterocycles. The summed E-state index contributed by atoms with van der Waals surface area (Å²) in [6, 6.07) is 3.37. The molecule has 1 rings (SSSR count). The van der Waals surface area contributed by atoms with Crippen molar-refractivity contribution in [3.63, 3.8) is 0 Å². The van der Waals surface area contributed by atoms with Crippen molar-refractivity contribution in [1.29, 1.82) is 0 Å². The molecule has 0 amide bonds. The van der Waals surface area contributed by atoms with Crippen LogP contribution in [-0.2, 0) is 5.60 Å². The normalized spacial score (nSPS) is 15.5. The van der Waals surface area contributed by atoms with Gasteiger partial charge in [-0.3, -0.25) is 0 Å². The van der Waals surface area contributed by atoms with Gasteiger partial charge in [-0.2, -0.15) is 13.2 Å². The molecule has 126 valence electrons. The van der Waals surface area contributed by atoms with Crippen LogP contribution in [0.2, 0.25) is 0 Å². The topological polar surface area (TPSA) is 69.8 Å². The molecule has 8 heteroatoms. The first-order chi connectivity index (χ1) is 10.1. The molecule has 1 atom stereocenters. The second kappa shape index (κ2) is 7.53. The number of nitrogens with one attached hydrogen (secondary N) is 2. The summed E-state index contributed by atoms with van der Waals surface area (Å²) in [5.74, 6) is 1.24. The fraction of sp³-hybridized carbons (Fsp3) is 0.643. The Hall–Kier alpha value is -1.70. The number of furan rings is 1. The highest BCUT2D eigenvalue weighted by molar-refractivity contribution is 5.79. The number of alkyl halides is 3. The van der Waals surface area contributed by atoms with Crippen LogP contribution in [0, 0.1) is 6.92 Å². The van der Waals surface area contributed by atoms with Crippen molar-refractivity contribution in [3.05, 3.63) is 23.7 Å². The Balaban J connectivity index is 2.64. The van der Waals surface area contributed by atoms with Crippen molar-refractivity contribution >= 4 is 5.96 Å². The summed E-state index contributed by atoms with van der Waals surface area (Å²) in [5, 5.41) is 15.7. The predicted octanol–water partition coefficient (Wildman–Crippen LogP) is 2.30. The first kappa shape index (κ1) is 18.3. The van der Waals surface area contributed by atoms with Crippen molar-refractivity contribution in [3.8, 4) is 0 Å². The third kappa shape index (κ3) is 6.38. The molecule has 0 bridgehead atoms. The molecule has 1 aromatic rings. The summed E-state index contributed by atoms with van der Waals surface area (Å²) in [7, 11) is 0. The Bertz CT molecular complexity index is 496. The second-order valence-corrected chi connectivity index (χ2v) is 5.17. The number of hydrogen-bond acceptors (Lipinski definition) is 3. The fourth-order valence-electron chi connectivity index (χ4n) is 1.70. The zero-order chi connectivity index (χ0) is 16.8. The smallest absolute Gasteiger partial charge is 0.390 e. The third-order valence-corrected chi connectivity index (χ3v) is 2.86. The number of halogens is 3. The number of aryl methyl sites for hydroxylation is 1. The van der Waals surface area contributed by atoms with Crippen LogP contribution in [-0.4, -0.2) is 36.9 Å². The first-order valence-corrected chi connectivity index (χ1v) is 7.02. The average molecular weight is 321 g/mol. The minimum atomic E-state index is -4.22. The highest BCUT2D eigenvalue weighted by Gasteiger charge is 2.28. The van der Waals surface area contributed by atoms with Gasteiger partial charge in [0.25, 0.3) is 0 Å². The molecule has 3 N–H and O–H groups in total. The Morgan fingerprint density at radius 3 is 2.50 bits per heavy atom. The van der Waals surface area contributed by atoms with Crippen molar-refractivity contribution in [2.75, 3.05) is 19.6 Å². The molecule has 22 heavy (non-hydrogen) atoms. The molecule has 0 aliphatic carbocycles. The Labute approximate surface area is 127 Å². The van der Waals surface area contributed by atoms with Gasteiger partial charge in [-0.1, -0.05) is 0 Å². The van der Waals surface area contributed by atoms with Crippen LogP contribution in [0.1, 0.15) is 31.8 Å². The molecule has 0 aliphatic rings. The Morgan fingerprint density at radius 2 is 2.00 bits per heavy atom. The summed E-state index contributed by atoms with van der Waals surface area (Å²) in [5.41, 5.74) is -1.33. The van der Waals surface area contributed by atoms with E-state index in [9.17, 15) is 18.3 Å². The van der Waals surface area contributed by atoms with Gasteiger partial charge in [0.05, 0.1) is 13.0 Å². The molecule has 1 unspecified atom stereocenters. The molecule has 1 heterocycles. The fourth-order valence-corrected chi connectivity index (χ4v) is 1.70. The van der Waals surface area contributed by atoms with Crippen LogP contribution in [0.5, 0.6) is 0 Å². The zero-order valence-corrected chi connectivity index (χ0v) is 12.9. The van der Waals surface area contributed by atoms with Crippen LogP contribution in [0.4, 0.5) is 13.2 Å². The van der Waals surface area contributed by atoms with Gasteiger partial charge >= 0.3 is 6.18 Å². The highest BCUT2D eigenvalue weighted by Crippen LogP contribution is 2.23. The van der Waals surface area contributed by atoms with Crippen molar-refractivity contribution in [2.45, 2.75) is 39.0 Å². The van der Waals surface area contributed by atoms with Crippen molar-refractivity contribution < 1.29 is 22.7 Å². The lowest BCUT2D eigenvalue weighted by Crippen LogP contribution is -2.40. The van der Waals surface area contributed by atoms with Gasteiger partial charge in [0.15, 0.2) is 5.96 Å². The van der Waals surface area contributed by atoms with Gasteiger partial charge in [-0.25, -0.2) is 4.99 Å². The highest BCUT2D eigenvalue weighted by atomic mass is 19.4. The summed E-state index contributed by atoms with van der Waals surface area (Å²) in [6.45, 7) is 5.27. The number of guanidine groups is 1. The maximum atomic E-state index is 12.1. The van der Waals surface area contributed by atoms with E-state index >= 15 is 0 Å². The van der Waals surface area contributed by atoms with Gasteiger partial charge in [0.1, 0.15) is 17.1 Å². The molecule has 0 radical (unpaired) electrons. The van der Waals surface area contributed by atoms with Gasteiger partial charge < -0.3 is 20.2 Å². The van der Waals surface area contributed by atoms with Crippen LogP contribution in [0.3, 0.4) is 0 Å². The summed E-state index contributed by atoms with van der Waals surface area (Å²) >= 11 is 0. The summed E-state index contributed by atoms with van der Waals surface area (Å²) < 4.78 is 41.8. The minimum absolute atomic E-state index is 0.0404. The molecule has 0 aliphatic heterocycles. The predicted molar refractivity (Wildman–Crippen MR) is 77.7 cm³/mol. The van der Waals surface area contributed by atoms with E-state index in [1.165, 1.54) is 6.92 Å². The van der Waals surface area contributed by atoms with Gasteiger partial charge in [-0.15, -0.1) is 0 Å². The minimum Gasteiger partial charge on any atom is -0.463 e. The van der Waals surface area contributed by atoms with E-state index in [4.69, 9.17) is 4.42 Å². The third-order valence-electron chi connectivity index (χ3n) is 2.86. The maximum Gasteiger partial charge on any atom is 0.390 e. The molecular weight excluding hydrogens is 299 g/mol. The Kier molecular flexibility index (Phi) is 6.28. The number of aliphatic imine (C=N–C) groups is 1. The molecule has 0 aromatic carbocycles. The standard InChI is InChI=1S/C14H22F3N3O2/c1-4-18-12(19-8-7-14(15,16)17)20-9-13(3,21)11-6-5-10(2)22-11/h5-6,21H,4,7-9H2,1-3H3,(H2,18,19,20). The SMILES string of the molecule is CCNC(=NCC(C)(O)c1ccc(C)o1)NCCC(F)(F)F. The second-order valence-electron chi connectivity index (χ2n) is 5.17. The molecule has 5 nitrogen and oxygen atoms in total. The summed E-state index contributed by atoms with van der Waals surface area (Å²) in [4.78, 5) is 4.11. The lowest BCUT2D eigenvalue weighted by Gasteiger charge is -2.20. The van der Waals surface area contributed by atoms with E-state index in [2.05, 4.69) is 15.6 Å². The van der Waals surface area contributed by atoms with E-state index in [0.29, 0.717) is 18.1 Å². The van der Waals surface area contributed by atoms with E-state index in [0.717, 1.165) is 0 Å².